The molecule has 0 radical (unpaired) electrons. The lowest BCUT2D eigenvalue weighted by molar-refractivity contribution is -0.125. The van der Waals surface area contributed by atoms with Crippen LogP contribution in [-0.2, 0) is 19.0 Å². The maximum atomic E-state index is 14.3. The van der Waals surface area contributed by atoms with Gasteiger partial charge in [-0.25, -0.2) is 4.39 Å². The van der Waals surface area contributed by atoms with E-state index in [1.807, 2.05) is 0 Å². The highest BCUT2D eigenvalue weighted by Gasteiger charge is 2.30. The first-order chi connectivity index (χ1) is 13.2. The minimum absolute atomic E-state index is 0.0512. The molecule has 8 heteroatoms. The first kappa shape index (κ1) is 27.2. The van der Waals surface area contributed by atoms with Gasteiger partial charge in [0.15, 0.2) is 0 Å². The van der Waals surface area contributed by atoms with E-state index >= 15 is 0 Å². The molecule has 3 N–H and O–H groups in total. The molecule has 0 heterocycles. The Bertz CT molecular complexity index is 396. The van der Waals surface area contributed by atoms with Gasteiger partial charge in [0.25, 0.3) is 0 Å². The number of hydrogen-bond donors (Lipinski definition) is 3. The van der Waals surface area contributed by atoms with E-state index in [-0.39, 0.29) is 18.4 Å². The van der Waals surface area contributed by atoms with E-state index in [0.717, 1.165) is 19.6 Å². The van der Waals surface area contributed by atoms with Crippen molar-refractivity contribution in [2.75, 3.05) is 59.2 Å². The van der Waals surface area contributed by atoms with Crippen LogP contribution in [0.2, 0.25) is 0 Å². The van der Waals surface area contributed by atoms with Gasteiger partial charge < -0.3 is 30.2 Å². The van der Waals surface area contributed by atoms with Gasteiger partial charge in [-0.2, -0.15) is 0 Å². The number of hydrogen-bond acceptors (Lipinski definition) is 6. The molecule has 0 spiro atoms. The van der Waals surface area contributed by atoms with Crippen molar-refractivity contribution in [1.29, 1.82) is 0 Å². The third-order valence-corrected chi connectivity index (χ3v) is 4.08. The third kappa shape index (κ3) is 15.2. The lowest BCUT2D eigenvalue weighted by Gasteiger charge is -2.29. The van der Waals surface area contributed by atoms with Crippen LogP contribution in [-0.4, -0.2) is 82.9 Å². The van der Waals surface area contributed by atoms with E-state index in [9.17, 15) is 9.18 Å². The van der Waals surface area contributed by atoms with E-state index in [4.69, 9.17) is 14.2 Å². The highest BCUT2D eigenvalue weighted by atomic mass is 19.1. The summed E-state index contributed by atoms with van der Waals surface area (Å²) in [5.41, 5.74) is -0.979. The number of nitrogens with one attached hydrogen (secondary N) is 3. The fraction of sp³-hybridized carbons (Fsp3) is 0.950. The largest absolute Gasteiger partial charge is 0.379 e. The molecule has 0 aromatic heterocycles. The Hall–Kier alpha value is -0.800. The summed E-state index contributed by atoms with van der Waals surface area (Å²) in [6.45, 7) is 16.1. The van der Waals surface area contributed by atoms with Crippen molar-refractivity contribution in [3.05, 3.63) is 0 Å². The smallest absolute Gasteiger partial charge is 0.222 e. The summed E-state index contributed by atoms with van der Waals surface area (Å²) in [6.07, 6.45) is -1.28. The number of alkyl halides is 1. The standard InChI is InChI=1S/C20H42FN3O4/c1-16(2)19(25)24-15-18(21)20(5,6)28-14-13-27-11-8-22-7-10-26-12-9-23-17(3)4/h16-18,22-23H,7-15H2,1-6H3,(H,24,25). The molecule has 1 unspecified atom stereocenters. The zero-order valence-electron chi connectivity index (χ0n) is 18.6. The van der Waals surface area contributed by atoms with Crippen molar-refractivity contribution < 1.29 is 23.4 Å². The van der Waals surface area contributed by atoms with Crippen LogP contribution in [0.25, 0.3) is 0 Å². The number of halogens is 1. The van der Waals surface area contributed by atoms with E-state index in [0.29, 0.717) is 39.1 Å². The van der Waals surface area contributed by atoms with Crippen molar-refractivity contribution in [2.24, 2.45) is 5.92 Å². The third-order valence-electron chi connectivity index (χ3n) is 4.08. The monoisotopic (exact) mass is 407 g/mol. The minimum Gasteiger partial charge on any atom is -0.379 e. The molecule has 1 atom stereocenters. The average molecular weight is 408 g/mol. The maximum absolute atomic E-state index is 14.3. The molecule has 0 fully saturated rings. The van der Waals surface area contributed by atoms with Crippen LogP contribution in [0.3, 0.4) is 0 Å². The molecule has 0 aliphatic heterocycles. The fourth-order valence-electron chi connectivity index (χ4n) is 2.13. The normalized spacial score (nSPS) is 13.3. The van der Waals surface area contributed by atoms with Gasteiger partial charge in [-0.3, -0.25) is 4.79 Å². The number of ether oxygens (including phenoxy) is 3. The van der Waals surface area contributed by atoms with Crippen LogP contribution in [0, 0.1) is 5.92 Å². The van der Waals surface area contributed by atoms with Gasteiger partial charge in [0.05, 0.1) is 45.2 Å². The zero-order chi connectivity index (χ0) is 21.4. The predicted octanol–water partition coefficient (Wildman–Crippen LogP) is 1.51. The molecule has 7 nitrogen and oxygen atoms in total. The van der Waals surface area contributed by atoms with Gasteiger partial charge in [0.1, 0.15) is 6.17 Å². The Morgan fingerprint density at radius 2 is 1.50 bits per heavy atom. The molecule has 0 bridgehead atoms. The van der Waals surface area contributed by atoms with Gasteiger partial charge in [0.2, 0.25) is 5.91 Å². The number of carbonyl (C=O) groups is 1. The van der Waals surface area contributed by atoms with E-state index in [1.54, 1.807) is 27.7 Å². The highest BCUT2D eigenvalue weighted by molar-refractivity contribution is 5.77. The Morgan fingerprint density at radius 3 is 2.07 bits per heavy atom. The highest BCUT2D eigenvalue weighted by Crippen LogP contribution is 2.17. The predicted molar refractivity (Wildman–Crippen MR) is 110 cm³/mol. The van der Waals surface area contributed by atoms with E-state index in [1.165, 1.54) is 0 Å². The second kappa shape index (κ2) is 16.0. The number of carbonyl (C=O) groups excluding carboxylic acids is 1. The van der Waals surface area contributed by atoms with Crippen LogP contribution in [0.5, 0.6) is 0 Å². The quantitative estimate of drug-likeness (QED) is 0.299. The first-order valence-corrected chi connectivity index (χ1v) is 10.3. The summed E-state index contributed by atoms with van der Waals surface area (Å²) in [4.78, 5) is 11.5. The molecular formula is C20H42FN3O4. The van der Waals surface area contributed by atoms with Crippen LogP contribution in [0.1, 0.15) is 41.5 Å². The zero-order valence-corrected chi connectivity index (χ0v) is 18.6. The molecule has 0 aliphatic rings. The summed E-state index contributed by atoms with van der Waals surface area (Å²) >= 11 is 0. The van der Waals surface area contributed by atoms with Gasteiger partial charge >= 0.3 is 0 Å². The summed E-state index contributed by atoms with van der Waals surface area (Å²) in [5.74, 6) is -0.321. The molecule has 0 saturated heterocycles. The van der Waals surface area contributed by atoms with Crippen LogP contribution < -0.4 is 16.0 Å². The Labute approximate surface area is 170 Å². The van der Waals surface area contributed by atoms with Crippen molar-refractivity contribution in [3.8, 4) is 0 Å². The SMILES string of the molecule is CC(C)NCCOCCNCCOCCOC(C)(C)C(F)CNC(=O)C(C)C. The number of amides is 1. The molecule has 1 amide bonds. The van der Waals surface area contributed by atoms with E-state index < -0.39 is 11.8 Å². The molecule has 0 aromatic carbocycles. The van der Waals surface area contributed by atoms with Crippen molar-refractivity contribution in [3.63, 3.8) is 0 Å². The summed E-state index contributed by atoms with van der Waals surface area (Å²) in [7, 11) is 0. The topological polar surface area (TPSA) is 80.8 Å². The van der Waals surface area contributed by atoms with E-state index in [2.05, 4.69) is 29.8 Å². The Kier molecular flexibility index (Phi) is 15.6. The molecule has 0 saturated carbocycles. The van der Waals surface area contributed by atoms with Crippen molar-refractivity contribution >= 4 is 5.91 Å². The average Bonchev–Trinajstić information content (AvgIpc) is 2.62. The maximum Gasteiger partial charge on any atom is 0.222 e. The molecular weight excluding hydrogens is 365 g/mol. The Morgan fingerprint density at radius 1 is 0.929 bits per heavy atom. The van der Waals surface area contributed by atoms with Crippen molar-refractivity contribution in [2.45, 2.75) is 59.4 Å². The summed E-state index contributed by atoms with van der Waals surface area (Å²) in [6, 6.07) is 0.481. The minimum atomic E-state index is -1.28. The molecule has 0 aromatic rings. The fourth-order valence-corrected chi connectivity index (χ4v) is 2.13. The van der Waals surface area contributed by atoms with Gasteiger partial charge in [-0.15, -0.1) is 0 Å². The van der Waals surface area contributed by atoms with Crippen LogP contribution >= 0.6 is 0 Å². The van der Waals surface area contributed by atoms with Crippen molar-refractivity contribution in [1.82, 2.24) is 16.0 Å². The molecule has 0 rings (SSSR count). The van der Waals surface area contributed by atoms with Gasteiger partial charge in [-0.05, 0) is 13.8 Å². The van der Waals surface area contributed by atoms with Crippen LogP contribution in [0.4, 0.5) is 4.39 Å². The molecule has 0 aliphatic carbocycles. The lowest BCUT2D eigenvalue weighted by atomic mass is 10.0. The number of rotatable bonds is 18. The molecule has 168 valence electrons. The van der Waals surface area contributed by atoms with Crippen LogP contribution in [0.15, 0.2) is 0 Å². The second-order valence-corrected chi connectivity index (χ2v) is 7.90. The Balaban J connectivity index is 3.54. The summed E-state index contributed by atoms with van der Waals surface area (Å²) in [5, 5.41) is 9.12. The molecule has 28 heavy (non-hydrogen) atoms. The lowest BCUT2D eigenvalue weighted by Crippen LogP contribution is -2.45. The van der Waals surface area contributed by atoms with Gasteiger partial charge in [-0.1, -0.05) is 27.7 Å². The van der Waals surface area contributed by atoms with Gasteiger partial charge in [0, 0.05) is 31.6 Å². The first-order valence-electron chi connectivity index (χ1n) is 10.3. The second-order valence-electron chi connectivity index (χ2n) is 7.90. The summed E-state index contributed by atoms with van der Waals surface area (Å²) < 4.78 is 30.8.